The van der Waals surface area contributed by atoms with Crippen molar-refractivity contribution in [1.82, 2.24) is 30.2 Å². The third kappa shape index (κ3) is 12.9. The smallest absolute Gasteiger partial charge is 0.386 e. The van der Waals surface area contributed by atoms with E-state index in [9.17, 15) is 57.9 Å². The van der Waals surface area contributed by atoms with Gasteiger partial charge in [-0.1, -0.05) is 13.8 Å². The average molecular weight is 810 g/mol. The lowest BCUT2D eigenvalue weighted by Crippen LogP contribution is -2.46. The van der Waals surface area contributed by atoms with Gasteiger partial charge >= 0.3 is 23.5 Å². The van der Waals surface area contributed by atoms with Crippen molar-refractivity contribution in [2.24, 2.45) is 5.41 Å². The molecule has 2 aromatic heterocycles. The molecule has 0 spiro atoms. The van der Waals surface area contributed by atoms with Gasteiger partial charge in [-0.2, -0.15) is 16.1 Å². The van der Waals surface area contributed by atoms with E-state index in [0.29, 0.717) is 12.3 Å². The van der Waals surface area contributed by atoms with Gasteiger partial charge in [0.2, 0.25) is 11.8 Å². The SMILES string of the molecule is CC(C)(COP(=O)(O)OP(=O)(O)OC[C@H]1O[C@@H](n2cnc3c(N)ncnc32)[C@H](O)[C@@H]1OP(=O)(O)O)C(O)C(=O)NCCC(=O)NCCSCC=O. The molecule has 1 aliphatic heterocycles. The molecule has 288 valence electrons. The maximum atomic E-state index is 12.6. The number of imidazole rings is 1. The number of phosphoric acid groups is 3. The third-order valence-corrected chi connectivity index (χ3v) is 10.8. The van der Waals surface area contributed by atoms with Gasteiger partial charge in [-0.3, -0.25) is 27.7 Å². The summed E-state index contributed by atoms with van der Waals surface area (Å²) in [5, 5.41) is 26.2. The Hall–Kier alpha value is -2.44. The van der Waals surface area contributed by atoms with E-state index in [0.717, 1.165) is 23.5 Å². The Kier molecular flexibility index (Phi) is 15.2. The van der Waals surface area contributed by atoms with Crippen molar-refractivity contribution in [2.75, 3.05) is 43.5 Å². The van der Waals surface area contributed by atoms with Crippen LogP contribution in [0.4, 0.5) is 5.82 Å². The number of aliphatic hydroxyl groups is 2. The minimum absolute atomic E-state index is 0.0319. The predicted molar refractivity (Wildman–Crippen MR) is 173 cm³/mol. The van der Waals surface area contributed by atoms with Crippen LogP contribution < -0.4 is 16.4 Å². The molecule has 2 amide bonds. The van der Waals surface area contributed by atoms with Gasteiger partial charge in [0.15, 0.2) is 17.7 Å². The molecule has 0 aromatic carbocycles. The number of hydrogen-bond donors (Lipinski definition) is 9. The number of phosphoric ester groups is 3. The van der Waals surface area contributed by atoms with Crippen LogP contribution in [0, 0.1) is 5.41 Å². The highest BCUT2D eigenvalue weighted by atomic mass is 32.2. The number of carbonyl (C=O) groups excluding carboxylic acids is 3. The quantitative estimate of drug-likeness (QED) is 0.0387. The minimum Gasteiger partial charge on any atom is -0.386 e. The largest absolute Gasteiger partial charge is 0.481 e. The van der Waals surface area contributed by atoms with E-state index in [1.165, 1.54) is 25.6 Å². The number of aliphatic hydroxyl groups excluding tert-OH is 2. The maximum absolute atomic E-state index is 12.6. The molecule has 24 nitrogen and oxygen atoms in total. The van der Waals surface area contributed by atoms with Crippen LogP contribution >= 0.6 is 35.2 Å². The van der Waals surface area contributed by atoms with Gasteiger partial charge in [-0.25, -0.2) is 28.6 Å². The molecule has 3 heterocycles. The summed E-state index contributed by atoms with van der Waals surface area (Å²) >= 11 is 1.32. The molecule has 0 saturated carbocycles. The van der Waals surface area contributed by atoms with E-state index >= 15 is 0 Å². The highest BCUT2D eigenvalue weighted by Gasteiger charge is 2.50. The number of nitrogens with zero attached hydrogens (tertiary/aromatic N) is 4. The molecule has 2 aromatic rings. The number of fused-ring (bicyclic) bond motifs is 1. The number of nitrogen functional groups attached to an aromatic ring is 1. The first-order chi connectivity index (χ1) is 23.7. The minimum atomic E-state index is -5.55. The first kappa shape index (κ1) is 43.0. The Morgan fingerprint density at radius 3 is 2.47 bits per heavy atom. The summed E-state index contributed by atoms with van der Waals surface area (Å²) in [6.07, 6.45) is -6.11. The van der Waals surface area contributed by atoms with Gasteiger partial charge in [-0.05, 0) is 0 Å². The molecule has 1 aliphatic rings. The summed E-state index contributed by atoms with van der Waals surface area (Å²) in [5.74, 6) is -0.615. The summed E-state index contributed by atoms with van der Waals surface area (Å²) in [6, 6.07) is 0. The summed E-state index contributed by atoms with van der Waals surface area (Å²) < 4.78 is 61.8. The lowest BCUT2D eigenvalue weighted by molar-refractivity contribution is -0.137. The van der Waals surface area contributed by atoms with Crippen molar-refractivity contribution >= 4 is 70.3 Å². The second-order valence-corrected chi connectivity index (χ2v) is 16.7. The number of ether oxygens (including phenoxy) is 1. The van der Waals surface area contributed by atoms with Gasteiger partial charge in [0.25, 0.3) is 0 Å². The first-order valence-electron chi connectivity index (χ1n) is 14.6. The van der Waals surface area contributed by atoms with Crippen LogP contribution in [0.3, 0.4) is 0 Å². The Morgan fingerprint density at radius 1 is 1.12 bits per heavy atom. The van der Waals surface area contributed by atoms with Crippen LogP contribution in [0.5, 0.6) is 0 Å². The Labute approximate surface area is 293 Å². The van der Waals surface area contributed by atoms with E-state index in [-0.39, 0.29) is 35.7 Å². The summed E-state index contributed by atoms with van der Waals surface area (Å²) in [7, 11) is -16.3. The second kappa shape index (κ2) is 18.1. The maximum Gasteiger partial charge on any atom is 0.481 e. The number of anilines is 1. The lowest BCUT2D eigenvalue weighted by atomic mass is 9.87. The fourth-order valence-electron chi connectivity index (χ4n) is 4.33. The highest BCUT2D eigenvalue weighted by molar-refractivity contribution is 7.99. The number of carbonyl (C=O) groups is 3. The Bertz CT molecular complexity index is 1680. The fraction of sp³-hybridized carbons (Fsp3) is 0.652. The van der Waals surface area contributed by atoms with Crippen molar-refractivity contribution in [3.05, 3.63) is 12.7 Å². The first-order valence-corrected chi connectivity index (χ1v) is 20.2. The number of rotatable bonds is 21. The van der Waals surface area contributed by atoms with Gasteiger partial charge in [0.05, 0.1) is 19.5 Å². The van der Waals surface area contributed by atoms with Gasteiger partial charge in [0.1, 0.15) is 42.5 Å². The molecule has 3 unspecified atom stereocenters. The number of aromatic nitrogens is 4. The summed E-state index contributed by atoms with van der Waals surface area (Å²) in [6.45, 7) is 0.626. The molecule has 1 saturated heterocycles. The molecule has 1 fully saturated rings. The molecule has 28 heteroatoms. The van der Waals surface area contributed by atoms with E-state index in [1.807, 2.05) is 0 Å². The Balaban J connectivity index is 1.55. The van der Waals surface area contributed by atoms with Crippen LogP contribution in [0.2, 0.25) is 0 Å². The molecule has 0 bridgehead atoms. The lowest BCUT2D eigenvalue weighted by Gasteiger charge is -2.30. The molecule has 10 N–H and O–H groups in total. The zero-order valence-corrected chi connectivity index (χ0v) is 30.4. The van der Waals surface area contributed by atoms with E-state index < -0.39 is 84.6 Å². The predicted octanol–water partition coefficient (Wildman–Crippen LogP) is -1.66. The number of nitrogens with one attached hydrogen (secondary N) is 2. The number of nitrogens with two attached hydrogens (primary N) is 1. The molecule has 0 radical (unpaired) electrons. The number of hydrogen-bond acceptors (Lipinski definition) is 18. The molecule has 3 rings (SSSR count). The number of thioether (sulfide) groups is 1. The van der Waals surface area contributed by atoms with Crippen LogP contribution in [-0.2, 0) is 50.7 Å². The molecule has 7 atom stereocenters. The van der Waals surface area contributed by atoms with Crippen LogP contribution in [0.1, 0.15) is 26.5 Å². The zero-order chi connectivity index (χ0) is 38.2. The molecular formula is C23H38N7O17P3S. The van der Waals surface area contributed by atoms with Crippen LogP contribution in [0.25, 0.3) is 11.2 Å². The second-order valence-electron chi connectivity index (χ2n) is 11.3. The van der Waals surface area contributed by atoms with Crippen molar-refractivity contribution in [3.8, 4) is 0 Å². The third-order valence-electron chi connectivity index (χ3n) is 6.83. The average Bonchev–Trinajstić information content (AvgIpc) is 3.58. The van der Waals surface area contributed by atoms with E-state index in [4.69, 9.17) is 19.5 Å². The van der Waals surface area contributed by atoms with Crippen molar-refractivity contribution in [3.63, 3.8) is 0 Å². The van der Waals surface area contributed by atoms with E-state index in [2.05, 4.69) is 34.4 Å². The normalized spacial score (nSPS) is 22.6. The van der Waals surface area contributed by atoms with Crippen LogP contribution in [0.15, 0.2) is 12.7 Å². The van der Waals surface area contributed by atoms with Crippen molar-refractivity contribution in [1.29, 1.82) is 0 Å². The Morgan fingerprint density at radius 2 is 1.80 bits per heavy atom. The monoisotopic (exact) mass is 809 g/mol. The number of aldehydes is 1. The van der Waals surface area contributed by atoms with Crippen molar-refractivity contribution < 1.29 is 80.5 Å². The topological polar surface area (TPSA) is 364 Å². The van der Waals surface area contributed by atoms with Gasteiger partial charge in [-0.15, -0.1) is 0 Å². The molecular weight excluding hydrogens is 771 g/mol. The molecule has 51 heavy (non-hydrogen) atoms. The summed E-state index contributed by atoms with van der Waals surface area (Å²) in [4.78, 5) is 85.3. The van der Waals surface area contributed by atoms with E-state index in [1.54, 1.807) is 0 Å². The zero-order valence-electron chi connectivity index (χ0n) is 26.9. The van der Waals surface area contributed by atoms with Gasteiger partial charge < -0.3 is 55.7 Å². The molecule has 0 aliphatic carbocycles. The summed E-state index contributed by atoms with van der Waals surface area (Å²) in [5.41, 5.74) is 4.27. The fourth-order valence-corrected chi connectivity index (χ4v) is 7.67. The highest BCUT2D eigenvalue weighted by Crippen LogP contribution is 2.61. The number of amides is 2. The standard InChI is InChI=1S/C23H38N7O17P3S/c1-23(2,18(34)21(35)26-4-3-14(32)25-5-7-51-8-6-31)10-44-50(41,42)47-49(39,40)43-9-13-17(46-48(36,37)38)16(33)22(45-13)30-12-29-15-19(24)27-11-28-20(15)30/h6,11-13,16-18,22,33-34H,3-5,7-10H2,1-2H3,(H,25,32)(H,26,35)(H,39,40)(H,41,42)(H2,24,27,28)(H2,36,37,38)/t13-,16-,17-,18?,22-/m1/s1. The van der Waals surface area contributed by atoms with Gasteiger partial charge in [0, 0.05) is 36.4 Å². The van der Waals surface area contributed by atoms with Crippen molar-refractivity contribution in [2.45, 2.75) is 50.9 Å². The van der Waals surface area contributed by atoms with Crippen LogP contribution in [-0.4, -0.2) is 130 Å².